The number of rotatable bonds is 4. The summed E-state index contributed by atoms with van der Waals surface area (Å²) in [6, 6.07) is 0.639. The van der Waals surface area contributed by atoms with Crippen LogP contribution in [-0.2, 0) is 9.59 Å². The maximum Gasteiger partial charge on any atom is 0.236 e. The second kappa shape index (κ2) is 4.95. The Bertz CT molecular complexity index is 277. The van der Waals surface area contributed by atoms with Crippen LogP contribution < -0.4 is 0 Å². The fourth-order valence-electron chi connectivity index (χ4n) is 2.22. The van der Waals surface area contributed by atoms with E-state index in [0.717, 1.165) is 6.54 Å². The minimum atomic E-state index is 0.196. The lowest BCUT2D eigenvalue weighted by molar-refractivity contribution is -0.135. The summed E-state index contributed by atoms with van der Waals surface area (Å²) in [7, 11) is 0. The molecule has 90 valence electrons. The van der Waals surface area contributed by atoms with Crippen molar-refractivity contribution in [3.8, 4) is 0 Å². The molecule has 1 aliphatic carbocycles. The summed E-state index contributed by atoms with van der Waals surface area (Å²) in [6.45, 7) is 4.84. The molecule has 0 N–H and O–H groups in total. The van der Waals surface area contributed by atoms with E-state index < -0.39 is 0 Å². The quantitative estimate of drug-likeness (QED) is 0.704. The van der Waals surface area contributed by atoms with Crippen molar-refractivity contribution < 1.29 is 9.59 Å². The third-order valence-electron chi connectivity index (χ3n) is 3.48. The van der Waals surface area contributed by atoms with Crippen molar-refractivity contribution in [3.05, 3.63) is 0 Å². The number of likely N-dealkylation sites (tertiary alicyclic amines) is 1. The van der Waals surface area contributed by atoms with Gasteiger partial charge in [-0.15, -0.1) is 0 Å². The van der Waals surface area contributed by atoms with E-state index in [1.807, 2.05) is 4.90 Å². The molecule has 0 aromatic rings. The highest BCUT2D eigenvalue weighted by Gasteiger charge is 2.30. The van der Waals surface area contributed by atoms with Crippen LogP contribution in [0.1, 0.15) is 32.6 Å². The molecule has 4 heteroatoms. The third-order valence-corrected chi connectivity index (χ3v) is 3.48. The van der Waals surface area contributed by atoms with Crippen molar-refractivity contribution >= 4 is 11.7 Å². The SMILES string of the molecule is CCN(CC(=O)N1CCC(=O)CC1)C1CC1. The summed E-state index contributed by atoms with van der Waals surface area (Å²) >= 11 is 0. The molecule has 1 saturated carbocycles. The third kappa shape index (κ3) is 2.82. The summed E-state index contributed by atoms with van der Waals surface area (Å²) < 4.78 is 0. The van der Waals surface area contributed by atoms with Crippen LogP contribution in [0.15, 0.2) is 0 Å². The zero-order valence-corrected chi connectivity index (χ0v) is 9.95. The monoisotopic (exact) mass is 224 g/mol. The Morgan fingerprint density at radius 2 is 2.00 bits per heavy atom. The van der Waals surface area contributed by atoms with Crippen LogP contribution in [-0.4, -0.2) is 53.7 Å². The summed E-state index contributed by atoms with van der Waals surface area (Å²) in [4.78, 5) is 27.1. The van der Waals surface area contributed by atoms with Gasteiger partial charge in [0.1, 0.15) is 5.78 Å². The van der Waals surface area contributed by atoms with Gasteiger partial charge in [0.2, 0.25) is 5.91 Å². The smallest absolute Gasteiger partial charge is 0.236 e. The Kier molecular flexibility index (Phi) is 3.59. The molecule has 1 aliphatic heterocycles. The fraction of sp³-hybridized carbons (Fsp3) is 0.833. The van der Waals surface area contributed by atoms with Gasteiger partial charge in [-0.1, -0.05) is 6.92 Å². The number of hydrogen-bond donors (Lipinski definition) is 0. The van der Waals surface area contributed by atoms with Crippen LogP contribution in [0, 0.1) is 0 Å². The van der Waals surface area contributed by atoms with Crippen LogP contribution in [0.2, 0.25) is 0 Å². The zero-order valence-electron chi connectivity index (χ0n) is 9.95. The van der Waals surface area contributed by atoms with Gasteiger partial charge < -0.3 is 4.90 Å². The first kappa shape index (κ1) is 11.6. The molecule has 1 saturated heterocycles. The first-order valence-corrected chi connectivity index (χ1v) is 6.24. The van der Waals surface area contributed by atoms with E-state index in [-0.39, 0.29) is 5.91 Å². The molecular formula is C12H20N2O2. The van der Waals surface area contributed by atoms with Gasteiger partial charge in [0.25, 0.3) is 0 Å². The molecule has 16 heavy (non-hydrogen) atoms. The van der Waals surface area contributed by atoms with Crippen molar-refractivity contribution in [2.75, 3.05) is 26.2 Å². The molecule has 0 unspecified atom stereocenters. The van der Waals surface area contributed by atoms with Gasteiger partial charge in [0.15, 0.2) is 0 Å². The van der Waals surface area contributed by atoms with Crippen LogP contribution in [0.4, 0.5) is 0 Å². The highest BCUT2D eigenvalue weighted by atomic mass is 16.2. The minimum absolute atomic E-state index is 0.196. The Morgan fingerprint density at radius 3 is 2.50 bits per heavy atom. The highest BCUT2D eigenvalue weighted by Crippen LogP contribution is 2.26. The minimum Gasteiger partial charge on any atom is -0.341 e. The van der Waals surface area contributed by atoms with Crippen LogP contribution in [0.3, 0.4) is 0 Å². The van der Waals surface area contributed by atoms with E-state index in [1.165, 1.54) is 12.8 Å². The Balaban J connectivity index is 1.80. The maximum absolute atomic E-state index is 12.0. The Labute approximate surface area is 96.6 Å². The van der Waals surface area contributed by atoms with Gasteiger partial charge >= 0.3 is 0 Å². The number of amides is 1. The molecule has 0 aromatic heterocycles. The molecule has 2 fully saturated rings. The molecule has 2 aliphatic rings. The second-order valence-corrected chi connectivity index (χ2v) is 4.71. The predicted octanol–water partition coefficient (Wildman–Crippen LogP) is 0.662. The first-order valence-electron chi connectivity index (χ1n) is 6.24. The number of carbonyl (C=O) groups is 2. The molecule has 1 heterocycles. The standard InChI is InChI=1S/C12H20N2O2/c1-2-13(10-3-4-10)9-12(16)14-7-5-11(15)6-8-14/h10H,2-9H2,1H3. The fourth-order valence-corrected chi connectivity index (χ4v) is 2.22. The van der Waals surface area contributed by atoms with E-state index >= 15 is 0 Å². The molecule has 2 rings (SSSR count). The van der Waals surface area contributed by atoms with Gasteiger partial charge in [-0.3, -0.25) is 14.5 Å². The number of nitrogens with zero attached hydrogens (tertiary/aromatic N) is 2. The van der Waals surface area contributed by atoms with E-state index in [9.17, 15) is 9.59 Å². The maximum atomic E-state index is 12.0. The first-order chi connectivity index (χ1) is 7.70. The van der Waals surface area contributed by atoms with Crippen molar-refractivity contribution in [1.82, 2.24) is 9.80 Å². The van der Waals surface area contributed by atoms with Crippen molar-refractivity contribution in [3.63, 3.8) is 0 Å². The molecule has 4 nitrogen and oxygen atoms in total. The number of hydrogen-bond acceptors (Lipinski definition) is 3. The lowest BCUT2D eigenvalue weighted by atomic mass is 10.1. The Morgan fingerprint density at radius 1 is 1.38 bits per heavy atom. The highest BCUT2D eigenvalue weighted by molar-refractivity contribution is 5.84. The lowest BCUT2D eigenvalue weighted by Gasteiger charge is -2.29. The van der Waals surface area contributed by atoms with E-state index in [2.05, 4.69) is 11.8 Å². The molecule has 0 aromatic carbocycles. The van der Waals surface area contributed by atoms with Crippen LogP contribution in [0.25, 0.3) is 0 Å². The largest absolute Gasteiger partial charge is 0.341 e. The summed E-state index contributed by atoms with van der Waals surface area (Å²) in [5.74, 6) is 0.486. The topological polar surface area (TPSA) is 40.6 Å². The number of Topliss-reactive ketones (excluding diaryl/α,β-unsaturated/α-hetero) is 1. The van der Waals surface area contributed by atoms with Gasteiger partial charge in [0.05, 0.1) is 6.54 Å². The summed E-state index contributed by atoms with van der Waals surface area (Å²) in [5, 5.41) is 0. The van der Waals surface area contributed by atoms with Crippen molar-refractivity contribution in [2.45, 2.75) is 38.6 Å². The van der Waals surface area contributed by atoms with Gasteiger partial charge in [-0.25, -0.2) is 0 Å². The van der Waals surface area contributed by atoms with E-state index in [0.29, 0.717) is 44.3 Å². The van der Waals surface area contributed by atoms with Gasteiger partial charge in [-0.2, -0.15) is 0 Å². The van der Waals surface area contributed by atoms with Crippen LogP contribution in [0.5, 0.6) is 0 Å². The second-order valence-electron chi connectivity index (χ2n) is 4.71. The molecule has 0 bridgehead atoms. The lowest BCUT2D eigenvalue weighted by Crippen LogP contribution is -2.44. The predicted molar refractivity (Wildman–Crippen MR) is 61.1 cm³/mol. The van der Waals surface area contributed by atoms with Crippen LogP contribution >= 0.6 is 0 Å². The normalized spacial score (nSPS) is 21.6. The summed E-state index contributed by atoms with van der Waals surface area (Å²) in [6.07, 6.45) is 3.56. The van der Waals surface area contributed by atoms with Gasteiger partial charge in [-0.05, 0) is 19.4 Å². The van der Waals surface area contributed by atoms with Gasteiger partial charge in [0, 0.05) is 32.0 Å². The zero-order chi connectivity index (χ0) is 11.5. The van der Waals surface area contributed by atoms with E-state index in [4.69, 9.17) is 0 Å². The molecule has 0 spiro atoms. The number of likely N-dealkylation sites (N-methyl/N-ethyl adjacent to an activating group) is 1. The molecule has 0 radical (unpaired) electrons. The Hall–Kier alpha value is -0.900. The molecular weight excluding hydrogens is 204 g/mol. The molecule has 1 amide bonds. The number of ketones is 1. The van der Waals surface area contributed by atoms with Crippen molar-refractivity contribution in [2.24, 2.45) is 0 Å². The molecule has 0 atom stereocenters. The van der Waals surface area contributed by atoms with Crippen molar-refractivity contribution in [1.29, 1.82) is 0 Å². The number of piperidine rings is 1. The summed E-state index contributed by atoms with van der Waals surface area (Å²) in [5.41, 5.74) is 0. The van der Waals surface area contributed by atoms with E-state index in [1.54, 1.807) is 0 Å². The average Bonchev–Trinajstić information content (AvgIpc) is 3.10. The number of carbonyl (C=O) groups excluding carboxylic acids is 2. The average molecular weight is 224 g/mol.